The van der Waals surface area contributed by atoms with Gasteiger partial charge in [0.05, 0.1) is 26.9 Å². The molecule has 2 spiro atoms. The van der Waals surface area contributed by atoms with Crippen molar-refractivity contribution in [3.05, 3.63) is 59.2 Å². The van der Waals surface area contributed by atoms with E-state index in [1.807, 2.05) is 14.0 Å². The van der Waals surface area contributed by atoms with E-state index in [9.17, 15) is 4.79 Å². The summed E-state index contributed by atoms with van der Waals surface area (Å²) in [6, 6.07) is 15.3. The number of hydrogen-bond acceptors (Lipinski definition) is 7. The van der Waals surface area contributed by atoms with Crippen molar-refractivity contribution in [3.63, 3.8) is 0 Å². The second kappa shape index (κ2) is 9.46. The first-order chi connectivity index (χ1) is 21.5. The molecular weight excluding hydrogens is 554 g/mol. The zero-order valence-corrected chi connectivity index (χ0v) is 26.3. The summed E-state index contributed by atoms with van der Waals surface area (Å²) in [7, 11) is 3.66. The fourth-order valence-corrected chi connectivity index (χ4v) is 12.1. The fraction of sp³-hybridized carbons (Fsp3) is 0.649. The number of ether oxygens (including phenoxy) is 5. The highest BCUT2D eigenvalue weighted by molar-refractivity contribution is 5.70. The van der Waals surface area contributed by atoms with Gasteiger partial charge in [0.15, 0.2) is 11.5 Å². The molecule has 0 radical (unpaired) electrons. The molecule has 0 N–H and O–H groups in total. The van der Waals surface area contributed by atoms with E-state index in [4.69, 9.17) is 23.7 Å². The molecule has 234 valence electrons. The summed E-state index contributed by atoms with van der Waals surface area (Å²) in [6.45, 7) is 5.83. The smallest absolute Gasteiger partial charge is 0.305 e. The van der Waals surface area contributed by atoms with Gasteiger partial charge >= 0.3 is 5.97 Å². The Morgan fingerprint density at radius 1 is 1.11 bits per heavy atom. The molecule has 8 atom stereocenters. The molecule has 6 bridgehead atoms. The summed E-state index contributed by atoms with van der Waals surface area (Å²) < 4.78 is 32.2. The van der Waals surface area contributed by atoms with Crippen molar-refractivity contribution in [1.82, 2.24) is 4.90 Å². The van der Waals surface area contributed by atoms with Gasteiger partial charge in [-0.05, 0) is 81.0 Å². The Balaban J connectivity index is 1.19. The lowest BCUT2D eigenvalue weighted by atomic mass is 9.38. The van der Waals surface area contributed by atoms with E-state index in [0.717, 1.165) is 49.6 Å². The Hall–Kier alpha value is -2.61. The first-order valence-corrected chi connectivity index (χ1v) is 16.9. The van der Waals surface area contributed by atoms with Gasteiger partial charge in [-0.15, -0.1) is 0 Å². The lowest BCUT2D eigenvalue weighted by Gasteiger charge is -2.70. The van der Waals surface area contributed by atoms with Crippen molar-refractivity contribution in [2.75, 3.05) is 40.5 Å². The maximum atomic E-state index is 12.9. The van der Waals surface area contributed by atoms with Gasteiger partial charge in [-0.1, -0.05) is 36.4 Å². The Morgan fingerprint density at radius 2 is 1.95 bits per heavy atom. The van der Waals surface area contributed by atoms with E-state index in [-0.39, 0.29) is 34.2 Å². The minimum Gasteiger partial charge on any atom is -0.493 e. The number of methoxy groups -OCH3 is 2. The van der Waals surface area contributed by atoms with Crippen LogP contribution in [0.4, 0.5) is 0 Å². The molecule has 8 aliphatic rings. The number of esters is 1. The first kappa shape index (κ1) is 27.7. The van der Waals surface area contributed by atoms with Gasteiger partial charge in [0.2, 0.25) is 0 Å². The van der Waals surface area contributed by atoms with E-state index in [1.54, 1.807) is 7.11 Å². The number of likely N-dealkylation sites (tertiary alicyclic amines) is 1. The summed E-state index contributed by atoms with van der Waals surface area (Å²) in [4.78, 5) is 15.8. The third-order valence-corrected chi connectivity index (χ3v) is 13.4. The van der Waals surface area contributed by atoms with Crippen molar-refractivity contribution in [2.24, 2.45) is 28.6 Å². The van der Waals surface area contributed by atoms with Crippen LogP contribution in [-0.4, -0.2) is 69.1 Å². The zero-order valence-electron chi connectivity index (χ0n) is 26.3. The molecule has 5 saturated carbocycles. The van der Waals surface area contributed by atoms with Crippen LogP contribution < -0.4 is 9.47 Å². The molecule has 6 aliphatic carbocycles. The van der Waals surface area contributed by atoms with Crippen LogP contribution in [-0.2, 0) is 37.4 Å². The van der Waals surface area contributed by atoms with Crippen molar-refractivity contribution in [1.29, 1.82) is 0 Å². The van der Waals surface area contributed by atoms with Crippen LogP contribution >= 0.6 is 0 Å². The van der Waals surface area contributed by atoms with Gasteiger partial charge in [0.25, 0.3) is 0 Å². The quantitative estimate of drug-likeness (QED) is 0.306. The average molecular weight is 600 g/mol. The standard InChI is InChI=1S/C37H45NO6/c1-4-43-29(39)15-13-26-32-34(22-42-20-24-8-6-5-7-9-24)21-36(26)28-18-25-12-14-27(40-2)31-30(25)35(36,33(44-31)37(32,34)41-3)16-17-38(28)19-23-10-11-23/h5-9,12,14,23,26,28,32-33H,4,10-11,13,15-22H2,1-3H3/t26-,28+,32+,33+,34?,35-,36+,37+/m0/s1. The SMILES string of the molecule is CCOC(=O)CC[C@H]1[C@@H]2C3(COCc4ccccc4)C[C@]14[C@H]1Cc5ccc(OC)c6c5[C@@]4(CCN1CC1CC1)[C@@H](O6)[C@]23OC. The highest BCUT2D eigenvalue weighted by atomic mass is 16.6. The summed E-state index contributed by atoms with van der Waals surface area (Å²) in [5, 5.41) is 0. The third kappa shape index (κ3) is 3.17. The molecule has 2 aromatic rings. The normalized spacial score (nSPS) is 39.9. The largest absolute Gasteiger partial charge is 0.493 e. The maximum absolute atomic E-state index is 12.9. The van der Waals surface area contributed by atoms with Crippen LogP contribution in [0.1, 0.15) is 62.1 Å². The molecule has 0 aromatic heterocycles. The molecule has 1 unspecified atom stereocenters. The van der Waals surface area contributed by atoms with Crippen LogP contribution in [0.3, 0.4) is 0 Å². The number of rotatable bonds is 12. The topological polar surface area (TPSA) is 66.5 Å². The molecule has 0 amide bonds. The highest BCUT2D eigenvalue weighted by Crippen LogP contribution is 2.93. The van der Waals surface area contributed by atoms with Crippen LogP contribution in [0.15, 0.2) is 42.5 Å². The predicted molar refractivity (Wildman–Crippen MR) is 164 cm³/mol. The summed E-state index contributed by atoms with van der Waals surface area (Å²) >= 11 is 0. The van der Waals surface area contributed by atoms with Crippen LogP contribution in [0.25, 0.3) is 0 Å². The maximum Gasteiger partial charge on any atom is 0.305 e. The molecule has 44 heavy (non-hydrogen) atoms. The lowest BCUT2D eigenvalue weighted by molar-refractivity contribution is -0.233. The van der Waals surface area contributed by atoms with Crippen molar-refractivity contribution >= 4 is 5.97 Å². The first-order valence-electron chi connectivity index (χ1n) is 16.9. The summed E-state index contributed by atoms with van der Waals surface area (Å²) in [5.41, 5.74) is 3.19. The minimum atomic E-state index is -0.466. The molecule has 6 fully saturated rings. The van der Waals surface area contributed by atoms with Crippen molar-refractivity contribution in [2.45, 2.75) is 81.6 Å². The molecule has 2 aliphatic heterocycles. The molecule has 2 heterocycles. The Bertz CT molecular complexity index is 1490. The van der Waals surface area contributed by atoms with Crippen LogP contribution in [0, 0.1) is 28.6 Å². The Morgan fingerprint density at radius 3 is 2.70 bits per heavy atom. The van der Waals surface area contributed by atoms with Crippen molar-refractivity contribution in [3.8, 4) is 11.5 Å². The summed E-state index contributed by atoms with van der Waals surface area (Å²) in [6.07, 6.45) is 7.03. The van der Waals surface area contributed by atoms with E-state index < -0.39 is 5.60 Å². The molecule has 2 aromatic carbocycles. The number of carbonyl (C=O) groups is 1. The van der Waals surface area contributed by atoms with Crippen molar-refractivity contribution < 1.29 is 28.5 Å². The molecule has 7 nitrogen and oxygen atoms in total. The molecular formula is C37H45NO6. The lowest BCUT2D eigenvalue weighted by Crippen LogP contribution is -2.78. The molecule has 7 heteroatoms. The second-order valence-corrected chi connectivity index (χ2v) is 14.8. The van der Waals surface area contributed by atoms with E-state index in [0.29, 0.717) is 38.2 Å². The zero-order chi connectivity index (χ0) is 29.9. The highest BCUT2D eigenvalue weighted by Gasteiger charge is 2.99. The van der Waals surface area contributed by atoms with E-state index >= 15 is 0 Å². The number of piperidine rings is 1. The number of carbonyl (C=O) groups excluding carboxylic acids is 1. The van der Waals surface area contributed by atoms with Crippen LogP contribution in [0.5, 0.6) is 11.5 Å². The molecule has 1 saturated heterocycles. The average Bonchev–Trinajstić information content (AvgIpc) is 3.89. The Kier molecular flexibility index (Phi) is 5.95. The monoisotopic (exact) mass is 599 g/mol. The second-order valence-electron chi connectivity index (χ2n) is 14.8. The van der Waals surface area contributed by atoms with Gasteiger partial charge in [0.1, 0.15) is 11.7 Å². The van der Waals surface area contributed by atoms with Gasteiger partial charge < -0.3 is 23.7 Å². The third-order valence-electron chi connectivity index (χ3n) is 13.4. The predicted octanol–water partition coefficient (Wildman–Crippen LogP) is 5.32. The van der Waals surface area contributed by atoms with E-state index in [1.165, 1.54) is 36.1 Å². The van der Waals surface area contributed by atoms with Gasteiger partial charge in [-0.2, -0.15) is 0 Å². The van der Waals surface area contributed by atoms with Gasteiger partial charge in [-0.25, -0.2) is 0 Å². The Labute approximate surface area is 260 Å². The van der Waals surface area contributed by atoms with E-state index in [2.05, 4.69) is 47.4 Å². The fourth-order valence-electron chi connectivity index (χ4n) is 12.1. The number of nitrogens with zero attached hydrogens (tertiary/aromatic N) is 1. The minimum absolute atomic E-state index is 0.0248. The summed E-state index contributed by atoms with van der Waals surface area (Å²) in [5.74, 6) is 3.11. The van der Waals surface area contributed by atoms with Gasteiger partial charge in [-0.3, -0.25) is 9.69 Å². The van der Waals surface area contributed by atoms with Gasteiger partial charge in [0, 0.05) is 53.8 Å². The number of hydrogen-bond donors (Lipinski definition) is 0. The molecule has 10 rings (SSSR count). The number of benzene rings is 2. The van der Waals surface area contributed by atoms with Crippen LogP contribution in [0.2, 0.25) is 0 Å².